The molecule has 0 aromatic heterocycles. The Hall–Kier alpha value is -1.75. The van der Waals surface area contributed by atoms with E-state index in [-0.39, 0.29) is 18.4 Å². The number of carbonyl (C=O) groups excluding carboxylic acids is 2. The molecule has 1 aliphatic heterocycles. The second-order valence-corrected chi connectivity index (χ2v) is 5.09. The Morgan fingerprint density at radius 2 is 2.10 bits per heavy atom. The van der Waals surface area contributed by atoms with Crippen LogP contribution in [-0.4, -0.2) is 31.0 Å². The minimum Gasteiger partial charge on any atom is -0.484 e. The van der Waals surface area contributed by atoms with Crippen molar-refractivity contribution in [1.29, 1.82) is 0 Å². The van der Waals surface area contributed by atoms with Crippen molar-refractivity contribution >= 4 is 23.4 Å². The van der Waals surface area contributed by atoms with Gasteiger partial charge in [0, 0.05) is 11.6 Å². The lowest BCUT2D eigenvalue weighted by Crippen LogP contribution is -2.46. The van der Waals surface area contributed by atoms with Crippen molar-refractivity contribution < 1.29 is 14.3 Å². The Morgan fingerprint density at radius 1 is 1.35 bits per heavy atom. The molecule has 108 valence electrons. The predicted octanol–water partition coefficient (Wildman–Crippen LogP) is 1.50. The van der Waals surface area contributed by atoms with Crippen molar-refractivity contribution in [3.8, 4) is 5.75 Å². The second kappa shape index (κ2) is 7.14. The van der Waals surface area contributed by atoms with Crippen molar-refractivity contribution in [2.75, 3.05) is 13.2 Å². The molecule has 2 N–H and O–H groups in total. The highest BCUT2D eigenvalue weighted by Crippen LogP contribution is 2.15. The lowest BCUT2D eigenvalue weighted by Gasteiger charge is -2.15. The summed E-state index contributed by atoms with van der Waals surface area (Å²) in [5, 5.41) is 6.07. The molecule has 0 bridgehead atoms. The molecule has 0 radical (unpaired) electrons. The summed E-state index contributed by atoms with van der Waals surface area (Å²) in [6.45, 7) is 0.553. The highest BCUT2D eigenvalue weighted by molar-refractivity contribution is 6.30. The van der Waals surface area contributed by atoms with Gasteiger partial charge in [0.25, 0.3) is 5.91 Å². The largest absolute Gasteiger partial charge is 0.484 e. The average molecular weight is 297 g/mol. The number of halogens is 1. The Kier molecular flexibility index (Phi) is 5.24. The maximum atomic E-state index is 11.8. The summed E-state index contributed by atoms with van der Waals surface area (Å²) in [7, 11) is 0. The van der Waals surface area contributed by atoms with Crippen LogP contribution in [0.3, 0.4) is 0 Å². The summed E-state index contributed by atoms with van der Waals surface area (Å²) in [6, 6.07) is 6.29. The number of carbonyl (C=O) groups is 2. The highest BCUT2D eigenvalue weighted by atomic mass is 35.5. The Morgan fingerprint density at radius 3 is 2.85 bits per heavy atom. The normalized spacial score (nSPS) is 18.9. The van der Waals surface area contributed by atoms with Crippen molar-refractivity contribution in [3.05, 3.63) is 29.3 Å². The number of hydrogen-bond donors (Lipinski definition) is 2. The van der Waals surface area contributed by atoms with E-state index in [9.17, 15) is 9.59 Å². The molecule has 2 amide bonds. The fraction of sp³-hybridized carbons (Fsp3) is 0.429. The number of benzene rings is 1. The van der Waals surface area contributed by atoms with Gasteiger partial charge in [-0.15, -0.1) is 0 Å². The molecule has 0 aliphatic carbocycles. The molecule has 1 fully saturated rings. The molecule has 1 atom stereocenters. The zero-order chi connectivity index (χ0) is 14.4. The standard InChI is InChI=1S/C14H17ClN2O3/c15-10-4-6-11(7-5-10)20-9-13(18)17-12-3-1-2-8-16-14(12)19/h4-7,12H,1-3,8-9H2,(H,16,19)(H,17,18). The van der Waals surface area contributed by atoms with E-state index in [1.807, 2.05) is 0 Å². The van der Waals surface area contributed by atoms with Crippen LogP contribution in [0.4, 0.5) is 0 Å². The first-order valence-corrected chi connectivity index (χ1v) is 6.98. The number of amides is 2. The molecule has 1 heterocycles. The van der Waals surface area contributed by atoms with Gasteiger partial charge in [-0.2, -0.15) is 0 Å². The monoisotopic (exact) mass is 296 g/mol. The van der Waals surface area contributed by atoms with E-state index in [2.05, 4.69) is 10.6 Å². The van der Waals surface area contributed by atoms with Gasteiger partial charge < -0.3 is 15.4 Å². The third-order valence-electron chi connectivity index (χ3n) is 3.05. The quantitative estimate of drug-likeness (QED) is 0.885. The van der Waals surface area contributed by atoms with Crippen LogP contribution in [0.15, 0.2) is 24.3 Å². The second-order valence-electron chi connectivity index (χ2n) is 4.65. The van der Waals surface area contributed by atoms with E-state index >= 15 is 0 Å². The van der Waals surface area contributed by atoms with E-state index in [1.165, 1.54) is 0 Å². The Balaban J connectivity index is 1.79. The first kappa shape index (κ1) is 14.7. The summed E-state index contributed by atoms with van der Waals surface area (Å²) >= 11 is 5.76. The minimum absolute atomic E-state index is 0.120. The molecule has 20 heavy (non-hydrogen) atoms. The van der Waals surface area contributed by atoms with Crippen LogP contribution in [-0.2, 0) is 9.59 Å². The van der Waals surface area contributed by atoms with Crippen LogP contribution in [0.25, 0.3) is 0 Å². The SMILES string of the molecule is O=C(COc1ccc(Cl)cc1)NC1CCCCNC1=O. The zero-order valence-electron chi connectivity index (χ0n) is 11.0. The van der Waals surface area contributed by atoms with Crippen molar-refractivity contribution in [3.63, 3.8) is 0 Å². The summed E-state index contributed by atoms with van der Waals surface area (Å²) in [5.74, 6) is 0.138. The highest BCUT2D eigenvalue weighted by Gasteiger charge is 2.22. The van der Waals surface area contributed by atoms with Gasteiger partial charge in [0.2, 0.25) is 5.91 Å². The fourth-order valence-electron chi connectivity index (χ4n) is 1.99. The van der Waals surface area contributed by atoms with E-state index in [1.54, 1.807) is 24.3 Å². The molecule has 5 nitrogen and oxygen atoms in total. The molecular weight excluding hydrogens is 280 g/mol. The summed E-state index contributed by atoms with van der Waals surface area (Å²) in [5.41, 5.74) is 0. The smallest absolute Gasteiger partial charge is 0.258 e. The van der Waals surface area contributed by atoms with E-state index in [0.717, 1.165) is 12.8 Å². The Bertz CT molecular complexity index is 476. The molecule has 1 aromatic rings. The number of ether oxygens (including phenoxy) is 1. The predicted molar refractivity (Wildman–Crippen MR) is 75.7 cm³/mol. The van der Waals surface area contributed by atoms with Crippen LogP contribution in [0.5, 0.6) is 5.75 Å². The van der Waals surface area contributed by atoms with Crippen LogP contribution in [0.1, 0.15) is 19.3 Å². The molecular formula is C14H17ClN2O3. The molecule has 1 unspecified atom stereocenters. The topological polar surface area (TPSA) is 67.4 Å². The van der Waals surface area contributed by atoms with E-state index in [4.69, 9.17) is 16.3 Å². The number of hydrogen-bond acceptors (Lipinski definition) is 3. The third-order valence-corrected chi connectivity index (χ3v) is 3.31. The summed E-state index contributed by atoms with van der Waals surface area (Å²) < 4.78 is 5.33. The molecule has 1 aromatic carbocycles. The average Bonchev–Trinajstić information content (AvgIpc) is 2.64. The zero-order valence-corrected chi connectivity index (χ0v) is 11.8. The molecule has 0 spiro atoms. The molecule has 1 aliphatic rings. The molecule has 6 heteroatoms. The van der Waals surface area contributed by atoms with Gasteiger partial charge in [-0.05, 0) is 43.5 Å². The van der Waals surface area contributed by atoms with Crippen LogP contribution in [0.2, 0.25) is 5.02 Å². The van der Waals surface area contributed by atoms with Gasteiger partial charge in [-0.3, -0.25) is 9.59 Å². The third kappa shape index (κ3) is 4.42. The van der Waals surface area contributed by atoms with E-state index in [0.29, 0.717) is 23.7 Å². The van der Waals surface area contributed by atoms with Gasteiger partial charge in [0.1, 0.15) is 11.8 Å². The molecule has 1 saturated heterocycles. The number of nitrogens with one attached hydrogen (secondary N) is 2. The Labute approximate surface area is 122 Å². The molecule has 0 saturated carbocycles. The van der Waals surface area contributed by atoms with Crippen LogP contribution in [0, 0.1) is 0 Å². The lowest BCUT2D eigenvalue weighted by atomic mass is 10.1. The summed E-state index contributed by atoms with van der Waals surface area (Å²) in [4.78, 5) is 23.4. The minimum atomic E-state index is -0.459. The van der Waals surface area contributed by atoms with Gasteiger partial charge in [0.15, 0.2) is 6.61 Å². The summed E-state index contributed by atoms with van der Waals surface area (Å²) in [6.07, 6.45) is 2.53. The van der Waals surface area contributed by atoms with E-state index < -0.39 is 6.04 Å². The van der Waals surface area contributed by atoms with Gasteiger partial charge in [0.05, 0.1) is 0 Å². The maximum absolute atomic E-state index is 11.8. The van der Waals surface area contributed by atoms with Crippen LogP contribution >= 0.6 is 11.6 Å². The van der Waals surface area contributed by atoms with Crippen LogP contribution < -0.4 is 15.4 Å². The van der Waals surface area contributed by atoms with Crippen molar-refractivity contribution in [2.24, 2.45) is 0 Å². The maximum Gasteiger partial charge on any atom is 0.258 e. The molecule has 2 rings (SSSR count). The van der Waals surface area contributed by atoms with Crippen molar-refractivity contribution in [2.45, 2.75) is 25.3 Å². The van der Waals surface area contributed by atoms with Gasteiger partial charge in [-0.1, -0.05) is 11.6 Å². The van der Waals surface area contributed by atoms with Gasteiger partial charge >= 0.3 is 0 Å². The first-order chi connectivity index (χ1) is 9.65. The van der Waals surface area contributed by atoms with Gasteiger partial charge in [-0.25, -0.2) is 0 Å². The van der Waals surface area contributed by atoms with Crippen molar-refractivity contribution in [1.82, 2.24) is 10.6 Å². The fourth-order valence-corrected chi connectivity index (χ4v) is 2.12. The first-order valence-electron chi connectivity index (χ1n) is 6.60. The lowest BCUT2D eigenvalue weighted by molar-refractivity contribution is -0.129. The number of rotatable bonds is 4.